The van der Waals surface area contributed by atoms with E-state index in [-0.39, 0.29) is 0 Å². The molecular weight excluding hydrogens is 221 g/mol. The van der Waals surface area contributed by atoms with Gasteiger partial charge in [0.25, 0.3) is 0 Å². The number of thiazole rings is 1. The second-order valence-electron chi connectivity index (χ2n) is 2.09. The average molecular weight is 228 g/mol. The molecular formula is C6H7F3N2O2S. The molecule has 0 fully saturated rings. The zero-order valence-electron chi connectivity index (χ0n) is 7.00. The van der Waals surface area contributed by atoms with E-state index >= 15 is 0 Å². The third kappa shape index (κ3) is 5.36. The van der Waals surface area contributed by atoms with E-state index in [0.717, 1.165) is 5.01 Å². The lowest BCUT2D eigenvalue weighted by Gasteiger charge is -1.93. The van der Waals surface area contributed by atoms with Crippen molar-refractivity contribution in [3.8, 4) is 0 Å². The predicted octanol–water partition coefficient (Wildman–Crippen LogP) is 1.67. The molecule has 0 radical (unpaired) electrons. The molecule has 0 aromatic carbocycles. The Morgan fingerprint density at radius 2 is 2.07 bits per heavy atom. The first-order chi connectivity index (χ1) is 6.23. The van der Waals surface area contributed by atoms with Crippen LogP contribution in [0.2, 0.25) is 0 Å². The van der Waals surface area contributed by atoms with Crippen molar-refractivity contribution in [1.29, 1.82) is 0 Å². The maximum atomic E-state index is 10.6. The molecule has 14 heavy (non-hydrogen) atoms. The lowest BCUT2D eigenvalue weighted by atomic mass is 10.7. The van der Waals surface area contributed by atoms with Gasteiger partial charge in [-0.1, -0.05) is 0 Å². The van der Waals surface area contributed by atoms with E-state index in [0.29, 0.717) is 5.82 Å². The molecule has 1 aromatic rings. The molecule has 0 unspecified atom stereocenters. The maximum absolute atomic E-state index is 10.6. The Kier molecular flexibility index (Phi) is 4.35. The van der Waals surface area contributed by atoms with E-state index in [1.54, 1.807) is 11.3 Å². The van der Waals surface area contributed by atoms with Gasteiger partial charge in [0.2, 0.25) is 0 Å². The number of nitrogen functional groups attached to an aromatic ring is 1. The average Bonchev–Trinajstić information content (AvgIpc) is 2.33. The van der Waals surface area contributed by atoms with Gasteiger partial charge in [-0.2, -0.15) is 13.2 Å². The predicted molar refractivity (Wildman–Crippen MR) is 45.0 cm³/mol. The summed E-state index contributed by atoms with van der Waals surface area (Å²) in [6, 6.07) is 0. The van der Waals surface area contributed by atoms with Crippen molar-refractivity contribution in [3.63, 3.8) is 0 Å². The van der Waals surface area contributed by atoms with Gasteiger partial charge in [-0.25, -0.2) is 9.78 Å². The van der Waals surface area contributed by atoms with Gasteiger partial charge in [0.1, 0.15) is 5.82 Å². The molecule has 1 aromatic heterocycles. The molecule has 0 aliphatic heterocycles. The number of carboxylic acid groups (broad SMARTS) is 1. The normalized spacial score (nSPS) is 10.3. The number of nitrogens with two attached hydrogens (primary N) is 1. The molecule has 8 heteroatoms. The zero-order chi connectivity index (χ0) is 11.4. The zero-order valence-corrected chi connectivity index (χ0v) is 7.82. The van der Waals surface area contributed by atoms with Crippen molar-refractivity contribution in [3.05, 3.63) is 10.4 Å². The number of hydrogen-bond donors (Lipinski definition) is 2. The Morgan fingerprint density at radius 1 is 1.64 bits per heavy atom. The fourth-order valence-corrected chi connectivity index (χ4v) is 0.882. The summed E-state index contributed by atoms with van der Waals surface area (Å²) in [5.41, 5.74) is 5.28. The van der Waals surface area contributed by atoms with Crippen molar-refractivity contribution >= 4 is 23.1 Å². The summed E-state index contributed by atoms with van der Waals surface area (Å²) >= 11 is 1.57. The number of nitrogens with zero attached hydrogens (tertiary/aromatic N) is 1. The fourth-order valence-electron chi connectivity index (χ4n) is 0.380. The molecule has 3 N–H and O–H groups in total. The van der Waals surface area contributed by atoms with Gasteiger partial charge in [-0.3, -0.25) is 0 Å². The minimum Gasteiger partial charge on any atom is -0.475 e. The summed E-state index contributed by atoms with van der Waals surface area (Å²) in [6.07, 6.45) is -5.08. The molecule has 1 heterocycles. The summed E-state index contributed by atoms with van der Waals surface area (Å²) in [5, 5.41) is 9.98. The van der Waals surface area contributed by atoms with E-state index in [2.05, 4.69) is 4.98 Å². The number of carbonyl (C=O) groups is 1. The maximum Gasteiger partial charge on any atom is 0.490 e. The third-order valence-electron chi connectivity index (χ3n) is 0.879. The molecule has 80 valence electrons. The standard InChI is InChI=1S/C4H6N2S.C2HF3O2/c1-3-6-4(5)2-7-3;3-2(4,5)1(6)7/h2H,5H2,1H3;(H,6,7). The smallest absolute Gasteiger partial charge is 0.475 e. The Morgan fingerprint density at radius 3 is 2.14 bits per heavy atom. The van der Waals surface area contributed by atoms with Crippen molar-refractivity contribution in [2.45, 2.75) is 13.1 Å². The number of hydrogen-bond acceptors (Lipinski definition) is 4. The number of anilines is 1. The summed E-state index contributed by atoms with van der Waals surface area (Å²) < 4.78 is 31.7. The molecule has 0 bridgehead atoms. The number of halogens is 3. The van der Waals surface area contributed by atoms with Gasteiger partial charge in [0, 0.05) is 5.38 Å². The van der Waals surface area contributed by atoms with Crippen LogP contribution in [-0.4, -0.2) is 22.2 Å². The second-order valence-corrected chi connectivity index (χ2v) is 3.16. The number of aryl methyl sites for hydroxylation is 1. The first kappa shape index (κ1) is 12.7. The molecule has 0 spiro atoms. The van der Waals surface area contributed by atoms with Gasteiger partial charge in [0.15, 0.2) is 0 Å². The number of aromatic nitrogens is 1. The molecule has 0 aliphatic rings. The summed E-state index contributed by atoms with van der Waals surface area (Å²) in [5.74, 6) is -2.13. The van der Waals surface area contributed by atoms with E-state index in [9.17, 15) is 13.2 Å². The van der Waals surface area contributed by atoms with Crippen LogP contribution in [0.3, 0.4) is 0 Å². The van der Waals surface area contributed by atoms with Gasteiger partial charge in [-0.15, -0.1) is 11.3 Å². The van der Waals surface area contributed by atoms with Gasteiger partial charge >= 0.3 is 12.1 Å². The van der Waals surface area contributed by atoms with Crippen molar-refractivity contribution in [2.24, 2.45) is 0 Å². The number of alkyl halides is 3. The highest BCUT2D eigenvalue weighted by Crippen LogP contribution is 2.13. The monoisotopic (exact) mass is 228 g/mol. The molecule has 0 atom stereocenters. The van der Waals surface area contributed by atoms with Gasteiger partial charge < -0.3 is 10.8 Å². The highest BCUT2D eigenvalue weighted by molar-refractivity contribution is 7.09. The first-order valence-electron chi connectivity index (χ1n) is 3.21. The van der Waals surface area contributed by atoms with Gasteiger partial charge in [0.05, 0.1) is 5.01 Å². The number of aliphatic carboxylic acids is 1. The highest BCUT2D eigenvalue weighted by atomic mass is 32.1. The quantitative estimate of drug-likeness (QED) is 0.708. The number of carboxylic acids is 1. The summed E-state index contributed by atoms with van der Waals surface area (Å²) in [6.45, 7) is 1.93. The van der Waals surface area contributed by atoms with Crippen LogP contribution in [0.25, 0.3) is 0 Å². The number of rotatable bonds is 0. The Labute approximate surface area is 81.2 Å². The van der Waals surface area contributed by atoms with Crippen molar-refractivity contribution in [1.82, 2.24) is 4.98 Å². The third-order valence-corrected chi connectivity index (χ3v) is 1.67. The van der Waals surface area contributed by atoms with E-state index in [1.165, 1.54) is 0 Å². The SMILES string of the molecule is Cc1nc(N)cs1.O=C(O)C(F)(F)F. The molecule has 1 rings (SSSR count). The topological polar surface area (TPSA) is 76.2 Å². The van der Waals surface area contributed by atoms with Crippen LogP contribution >= 0.6 is 11.3 Å². The molecule has 0 aliphatic carbocycles. The Balaban J connectivity index is 0.000000241. The molecule has 4 nitrogen and oxygen atoms in total. The molecule has 0 amide bonds. The first-order valence-corrected chi connectivity index (χ1v) is 4.09. The molecule has 0 saturated carbocycles. The van der Waals surface area contributed by atoms with E-state index in [4.69, 9.17) is 15.6 Å². The van der Waals surface area contributed by atoms with Crippen LogP contribution in [0, 0.1) is 6.92 Å². The highest BCUT2D eigenvalue weighted by Gasteiger charge is 2.38. The van der Waals surface area contributed by atoms with E-state index < -0.39 is 12.1 Å². The van der Waals surface area contributed by atoms with Crippen LogP contribution in [0.15, 0.2) is 5.38 Å². The lowest BCUT2D eigenvalue weighted by Crippen LogP contribution is -2.21. The second kappa shape index (κ2) is 4.80. The Hall–Kier alpha value is -1.31. The minimum absolute atomic E-state index is 0.627. The summed E-state index contributed by atoms with van der Waals surface area (Å²) in [7, 11) is 0. The van der Waals surface area contributed by atoms with E-state index in [1.807, 2.05) is 12.3 Å². The molecule has 0 saturated heterocycles. The lowest BCUT2D eigenvalue weighted by molar-refractivity contribution is -0.192. The fraction of sp³-hybridized carbons (Fsp3) is 0.333. The van der Waals surface area contributed by atoms with Crippen LogP contribution in [0.4, 0.5) is 19.0 Å². The van der Waals surface area contributed by atoms with Crippen molar-refractivity contribution in [2.75, 3.05) is 5.73 Å². The van der Waals surface area contributed by atoms with Crippen LogP contribution < -0.4 is 5.73 Å². The minimum atomic E-state index is -5.08. The largest absolute Gasteiger partial charge is 0.490 e. The van der Waals surface area contributed by atoms with Crippen LogP contribution in [-0.2, 0) is 4.79 Å². The summed E-state index contributed by atoms with van der Waals surface area (Å²) in [4.78, 5) is 12.8. The van der Waals surface area contributed by atoms with Crippen molar-refractivity contribution < 1.29 is 23.1 Å². The Bertz CT molecular complexity index is 294. The van der Waals surface area contributed by atoms with Gasteiger partial charge in [-0.05, 0) is 6.92 Å². The van der Waals surface area contributed by atoms with Crippen LogP contribution in [0.5, 0.6) is 0 Å². The van der Waals surface area contributed by atoms with Crippen LogP contribution in [0.1, 0.15) is 5.01 Å².